The Bertz CT molecular complexity index is 511. The fraction of sp³-hybridized carbons (Fsp3) is 0.214. The number of alkyl halides is 1. The average molecular weight is 284 g/mol. The molecule has 1 aromatic rings. The van der Waals surface area contributed by atoms with Crippen molar-refractivity contribution < 1.29 is 18.0 Å². The minimum absolute atomic E-state index is 0.0590. The molecular weight excluding hydrogens is 269 g/mol. The van der Waals surface area contributed by atoms with Crippen LogP contribution < -0.4 is 10.6 Å². The summed E-state index contributed by atoms with van der Waals surface area (Å²) < 4.78 is 36.2. The number of hydrogen-bond donors (Lipinski definition) is 2. The van der Waals surface area contributed by atoms with Gasteiger partial charge in [-0.15, -0.1) is 0 Å². The van der Waals surface area contributed by atoms with E-state index < -0.39 is 18.8 Å². The van der Waals surface area contributed by atoms with Gasteiger partial charge in [0.1, 0.15) is 0 Å². The van der Waals surface area contributed by atoms with Crippen molar-refractivity contribution >= 4 is 12.1 Å². The van der Waals surface area contributed by atoms with Gasteiger partial charge in [-0.1, -0.05) is 24.8 Å². The lowest BCUT2D eigenvalue weighted by molar-refractivity contribution is 0.242. The van der Waals surface area contributed by atoms with Crippen LogP contribution in [0.3, 0.4) is 0 Å². The number of urea groups is 1. The van der Waals surface area contributed by atoms with Crippen LogP contribution in [0.5, 0.6) is 0 Å². The molecule has 0 aromatic heterocycles. The highest BCUT2D eigenvalue weighted by Gasteiger charge is 2.03. The first-order valence-electron chi connectivity index (χ1n) is 5.91. The molecule has 0 atom stereocenters. The van der Waals surface area contributed by atoms with Gasteiger partial charge in [-0.3, -0.25) is 4.39 Å². The molecule has 6 heteroatoms. The number of carbonyl (C=O) groups excluding carboxylic acids is 1. The zero-order valence-electron chi connectivity index (χ0n) is 10.8. The van der Waals surface area contributed by atoms with Crippen LogP contribution in [0.4, 0.5) is 18.0 Å². The number of hydrogen-bond acceptors (Lipinski definition) is 1. The molecule has 1 aromatic carbocycles. The summed E-state index contributed by atoms with van der Waals surface area (Å²) in [6.45, 7) is 3.06. The van der Waals surface area contributed by atoms with Gasteiger partial charge in [0.25, 0.3) is 6.08 Å². The summed E-state index contributed by atoms with van der Waals surface area (Å²) in [6, 6.07) is 5.87. The third-order valence-electron chi connectivity index (χ3n) is 2.37. The number of benzene rings is 1. The van der Waals surface area contributed by atoms with Gasteiger partial charge in [0, 0.05) is 24.7 Å². The van der Waals surface area contributed by atoms with Gasteiger partial charge < -0.3 is 10.6 Å². The van der Waals surface area contributed by atoms with Crippen LogP contribution in [-0.2, 0) is 6.54 Å². The van der Waals surface area contributed by atoms with E-state index in [1.807, 2.05) is 0 Å². The number of carbonyl (C=O) groups is 1. The molecule has 0 aliphatic rings. The maximum Gasteiger partial charge on any atom is 0.319 e. The third kappa shape index (κ3) is 6.08. The number of rotatable bonds is 6. The molecule has 0 bridgehead atoms. The molecule has 0 aliphatic heterocycles. The van der Waals surface area contributed by atoms with Gasteiger partial charge in [-0.05, 0) is 17.2 Å². The summed E-state index contributed by atoms with van der Waals surface area (Å²) in [5, 5.41) is 4.91. The number of allylic oxidation sites excluding steroid dienone is 1. The first-order chi connectivity index (χ1) is 9.51. The predicted molar refractivity (Wildman–Crippen MR) is 71.7 cm³/mol. The minimum atomic E-state index is -1.78. The number of nitrogens with one attached hydrogen (secondary N) is 2. The Morgan fingerprint density at radius 2 is 2.10 bits per heavy atom. The molecule has 20 heavy (non-hydrogen) atoms. The molecule has 0 saturated heterocycles. The Labute approximate surface area is 115 Å². The lowest BCUT2D eigenvalue weighted by Crippen LogP contribution is -2.34. The normalized spacial score (nSPS) is 9.75. The van der Waals surface area contributed by atoms with Crippen molar-refractivity contribution in [2.45, 2.75) is 13.0 Å². The fourth-order valence-electron chi connectivity index (χ4n) is 1.48. The average Bonchev–Trinajstić information content (AvgIpc) is 2.36. The van der Waals surface area contributed by atoms with Crippen LogP contribution in [0, 0.1) is 0 Å². The highest BCUT2D eigenvalue weighted by molar-refractivity contribution is 5.75. The number of amides is 2. The van der Waals surface area contributed by atoms with E-state index in [1.54, 1.807) is 12.1 Å². The SMILES string of the molecule is C=C(CCF)NC(=O)NCc1cccc(C=C(F)F)c1. The van der Waals surface area contributed by atoms with Crippen molar-refractivity contribution in [1.82, 2.24) is 10.6 Å². The maximum atomic E-state index is 12.1. The molecule has 0 radical (unpaired) electrons. The van der Waals surface area contributed by atoms with Crippen molar-refractivity contribution in [2.24, 2.45) is 0 Å². The Balaban J connectivity index is 2.51. The van der Waals surface area contributed by atoms with Gasteiger partial charge in [0.15, 0.2) is 0 Å². The van der Waals surface area contributed by atoms with Crippen LogP contribution >= 0.6 is 0 Å². The van der Waals surface area contributed by atoms with E-state index in [4.69, 9.17) is 0 Å². The van der Waals surface area contributed by atoms with Gasteiger partial charge in [-0.25, -0.2) is 4.79 Å². The van der Waals surface area contributed by atoms with E-state index in [1.165, 1.54) is 12.1 Å². The molecule has 2 N–H and O–H groups in total. The van der Waals surface area contributed by atoms with Gasteiger partial charge in [-0.2, -0.15) is 8.78 Å². The minimum Gasteiger partial charge on any atom is -0.334 e. The van der Waals surface area contributed by atoms with Crippen LogP contribution in [0.1, 0.15) is 17.5 Å². The molecule has 2 amide bonds. The van der Waals surface area contributed by atoms with Gasteiger partial charge in [0.2, 0.25) is 0 Å². The smallest absolute Gasteiger partial charge is 0.319 e. The predicted octanol–water partition coefficient (Wildman–Crippen LogP) is 3.60. The zero-order valence-corrected chi connectivity index (χ0v) is 10.8. The van der Waals surface area contributed by atoms with Crippen molar-refractivity contribution in [3.63, 3.8) is 0 Å². The standard InChI is InChI=1S/C14H15F3N2O/c1-10(5-6-15)19-14(20)18-9-12-4-2-3-11(7-12)8-13(16)17/h2-4,7-8H,1,5-6,9H2,(H2,18,19,20). The summed E-state index contributed by atoms with van der Waals surface area (Å²) in [5.41, 5.74) is 1.30. The Hall–Kier alpha value is -2.24. The maximum absolute atomic E-state index is 12.1. The summed E-state index contributed by atoms with van der Waals surface area (Å²) in [6.07, 6.45) is -0.980. The monoisotopic (exact) mass is 284 g/mol. The fourth-order valence-corrected chi connectivity index (χ4v) is 1.48. The summed E-state index contributed by atoms with van der Waals surface area (Å²) in [5.74, 6) is 0. The molecule has 0 spiro atoms. The summed E-state index contributed by atoms with van der Waals surface area (Å²) >= 11 is 0. The van der Waals surface area contributed by atoms with Crippen molar-refractivity contribution in [3.8, 4) is 0 Å². The molecule has 0 aliphatic carbocycles. The molecule has 0 saturated carbocycles. The first-order valence-corrected chi connectivity index (χ1v) is 5.91. The lowest BCUT2D eigenvalue weighted by atomic mass is 10.1. The second-order valence-corrected chi connectivity index (χ2v) is 4.03. The zero-order chi connectivity index (χ0) is 15.0. The van der Waals surface area contributed by atoms with Gasteiger partial charge >= 0.3 is 6.03 Å². The highest BCUT2D eigenvalue weighted by atomic mass is 19.3. The Kier molecular flexibility index (Phi) is 6.36. The third-order valence-corrected chi connectivity index (χ3v) is 2.37. The number of halogens is 3. The van der Waals surface area contributed by atoms with E-state index in [9.17, 15) is 18.0 Å². The highest BCUT2D eigenvalue weighted by Crippen LogP contribution is 2.11. The second kappa shape index (κ2) is 8.04. The quantitative estimate of drug-likeness (QED) is 0.823. The van der Waals surface area contributed by atoms with E-state index in [2.05, 4.69) is 17.2 Å². The van der Waals surface area contributed by atoms with E-state index in [-0.39, 0.29) is 18.7 Å². The molecule has 0 fully saturated rings. The Morgan fingerprint density at radius 3 is 2.75 bits per heavy atom. The van der Waals surface area contributed by atoms with E-state index in [0.717, 1.165) is 6.08 Å². The molecule has 108 valence electrons. The molecular formula is C14H15F3N2O. The topological polar surface area (TPSA) is 41.1 Å². The van der Waals surface area contributed by atoms with Crippen LogP contribution in [0.25, 0.3) is 6.08 Å². The molecule has 0 unspecified atom stereocenters. The molecule has 0 heterocycles. The largest absolute Gasteiger partial charge is 0.334 e. The molecule has 3 nitrogen and oxygen atoms in total. The van der Waals surface area contributed by atoms with Gasteiger partial charge in [0.05, 0.1) is 6.67 Å². The van der Waals surface area contributed by atoms with Crippen LogP contribution in [0.2, 0.25) is 0 Å². The summed E-state index contributed by atoms with van der Waals surface area (Å²) in [7, 11) is 0. The van der Waals surface area contributed by atoms with Crippen LogP contribution in [0.15, 0.2) is 42.6 Å². The van der Waals surface area contributed by atoms with Crippen molar-refractivity contribution in [1.29, 1.82) is 0 Å². The first kappa shape index (κ1) is 15.8. The Morgan fingerprint density at radius 1 is 1.35 bits per heavy atom. The van der Waals surface area contributed by atoms with Crippen molar-refractivity contribution in [3.05, 3.63) is 53.7 Å². The van der Waals surface area contributed by atoms with E-state index in [0.29, 0.717) is 11.1 Å². The molecule has 1 rings (SSSR count). The second-order valence-electron chi connectivity index (χ2n) is 4.03. The summed E-state index contributed by atoms with van der Waals surface area (Å²) in [4.78, 5) is 11.4. The van der Waals surface area contributed by atoms with E-state index >= 15 is 0 Å². The lowest BCUT2D eigenvalue weighted by Gasteiger charge is -2.09. The van der Waals surface area contributed by atoms with Crippen molar-refractivity contribution in [2.75, 3.05) is 6.67 Å². The van der Waals surface area contributed by atoms with Crippen LogP contribution in [-0.4, -0.2) is 12.7 Å².